The Hall–Kier alpha value is -2.17. The highest BCUT2D eigenvalue weighted by atomic mass is 16.5. The Labute approximate surface area is 92.5 Å². The normalized spacial score (nSPS) is 10.3. The van der Waals surface area contributed by atoms with Crippen molar-refractivity contribution in [1.29, 1.82) is 0 Å². The summed E-state index contributed by atoms with van der Waals surface area (Å²) < 4.78 is 10.4. The number of aromatic hydroxyl groups is 1. The number of rotatable bonds is 3. The molecule has 5 heteroatoms. The zero-order valence-corrected chi connectivity index (χ0v) is 8.80. The second-order valence-electron chi connectivity index (χ2n) is 3.15. The summed E-state index contributed by atoms with van der Waals surface area (Å²) in [7, 11) is 0. The van der Waals surface area contributed by atoms with Crippen LogP contribution in [0.4, 0.5) is 6.01 Å². The molecule has 0 aliphatic rings. The van der Waals surface area contributed by atoms with E-state index in [4.69, 9.17) is 14.9 Å². The van der Waals surface area contributed by atoms with E-state index >= 15 is 0 Å². The van der Waals surface area contributed by atoms with E-state index in [1.165, 1.54) is 6.20 Å². The highest BCUT2D eigenvalue weighted by Crippen LogP contribution is 2.37. The van der Waals surface area contributed by atoms with Crippen LogP contribution in [-0.4, -0.2) is 16.7 Å². The fourth-order valence-corrected chi connectivity index (χ4v) is 1.41. The van der Waals surface area contributed by atoms with Gasteiger partial charge in [0.25, 0.3) is 6.01 Å². The highest BCUT2D eigenvalue weighted by Gasteiger charge is 2.13. The van der Waals surface area contributed by atoms with Gasteiger partial charge < -0.3 is 20.0 Å². The molecule has 0 saturated heterocycles. The molecule has 84 valence electrons. The fourth-order valence-electron chi connectivity index (χ4n) is 1.41. The Balaban J connectivity index is 2.45. The van der Waals surface area contributed by atoms with Crippen LogP contribution < -0.4 is 10.5 Å². The molecule has 0 bridgehead atoms. The monoisotopic (exact) mass is 220 g/mol. The van der Waals surface area contributed by atoms with Crippen molar-refractivity contribution < 1.29 is 14.3 Å². The lowest BCUT2D eigenvalue weighted by Gasteiger charge is -2.07. The molecule has 0 aliphatic heterocycles. The van der Waals surface area contributed by atoms with Crippen LogP contribution in [-0.2, 0) is 0 Å². The molecule has 5 nitrogen and oxygen atoms in total. The van der Waals surface area contributed by atoms with E-state index in [1.807, 2.05) is 6.92 Å². The first-order valence-electron chi connectivity index (χ1n) is 4.88. The lowest BCUT2D eigenvalue weighted by molar-refractivity contribution is 0.318. The Bertz CT molecular complexity index is 494. The number of oxazole rings is 1. The molecule has 0 amide bonds. The third-order valence-electron chi connectivity index (χ3n) is 2.09. The van der Waals surface area contributed by atoms with Crippen LogP contribution in [0.2, 0.25) is 0 Å². The molecule has 0 atom stereocenters. The number of benzene rings is 1. The maximum atomic E-state index is 9.93. The smallest absolute Gasteiger partial charge is 0.292 e. The van der Waals surface area contributed by atoms with E-state index < -0.39 is 0 Å². The minimum atomic E-state index is 0.0282. The number of anilines is 1. The summed E-state index contributed by atoms with van der Waals surface area (Å²) >= 11 is 0. The van der Waals surface area contributed by atoms with Gasteiger partial charge in [0.1, 0.15) is 0 Å². The SMILES string of the molecule is CCOc1cccc(-c2cnc(N)o2)c1O. The Kier molecular flexibility index (Phi) is 2.68. The zero-order chi connectivity index (χ0) is 11.5. The quantitative estimate of drug-likeness (QED) is 0.827. The highest BCUT2D eigenvalue weighted by molar-refractivity contribution is 5.69. The van der Waals surface area contributed by atoms with E-state index in [0.29, 0.717) is 23.7 Å². The Morgan fingerprint density at radius 3 is 2.94 bits per heavy atom. The molecule has 16 heavy (non-hydrogen) atoms. The molecular formula is C11H12N2O3. The van der Waals surface area contributed by atoms with Gasteiger partial charge in [0.15, 0.2) is 17.3 Å². The molecule has 1 aromatic carbocycles. The average Bonchev–Trinajstić information content (AvgIpc) is 2.68. The van der Waals surface area contributed by atoms with Gasteiger partial charge in [-0.15, -0.1) is 0 Å². The lowest BCUT2D eigenvalue weighted by atomic mass is 10.1. The molecular weight excluding hydrogens is 208 g/mol. The van der Waals surface area contributed by atoms with Crippen LogP contribution in [0.25, 0.3) is 11.3 Å². The van der Waals surface area contributed by atoms with Crippen molar-refractivity contribution in [2.45, 2.75) is 6.92 Å². The number of nitrogens with two attached hydrogens (primary N) is 1. The standard InChI is InChI=1S/C11H12N2O3/c1-2-15-8-5-3-4-7(10(8)14)9-6-13-11(12)16-9/h3-6,14H,2H2,1H3,(H2,12,13). The van der Waals surface area contributed by atoms with Crippen molar-refractivity contribution in [2.75, 3.05) is 12.3 Å². The van der Waals surface area contributed by atoms with Gasteiger partial charge >= 0.3 is 0 Å². The predicted octanol–water partition coefficient (Wildman–Crippen LogP) is 2.03. The van der Waals surface area contributed by atoms with Crippen molar-refractivity contribution in [3.8, 4) is 22.8 Å². The Morgan fingerprint density at radius 2 is 2.31 bits per heavy atom. The van der Waals surface area contributed by atoms with Crippen LogP contribution in [0, 0.1) is 0 Å². The largest absolute Gasteiger partial charge is 0.504 e. The van der Waals surface area contributed by atoms with Gasteiger partial charge in [-0.2, -0.15) is 0 Å². The zero-order valence-electron chi connectivity index (χ0n) is 8.80. The topological polar surface area (TPSA) is 81.5 Å². The van der Waals surface area contributed by atoms with E-state index in [-0.39, 0.29) is 11.8 Å². The minimum absolute atomic E-state index is 0.0282. The second kappa shape index (κ2) is 4.14. The van der Waals surface area contributed by atoms with Crippen LogP contribution in [0.5, 0.6) is 11.5 Å². The summed E-state index contributed by atoms with van der Waals surface area (Å²) in [5, 5.41) is 9.93. The number of hydrogen-bond donors (Lipinski definition) is 2. The molecule has 2 rings (SSSR count). The van der Waals surface area contributed by atoms with Crippen molar-refractivity contribution >= 4 is 6.01 Å². The first-order chi connectivity index (χ1) is 7.72. The third-order valence-corrected chi connectivity index (χ3v) is 2.09. The van der Waals surface area contributed by atoms with Gasteiger partial charge in [-0.05, 0) is 19.1 Å². The molecule has 0 aliphatic carbocycles. The van der Waals surface area contributed by atoms with Gasteiger partial charge in [-0.25, -0.2) is 4.98 Å². The summed E-state index contributed by atoms with van der Waals surface area (Å²) in [6, 6.07) is 5.22. The van der Waals surface area contributed by atoms with Crippen molar-refractivity contribution in [3.63, 3.8) is 0 Å². The van der Waals surface area contributed by atoms with Crippen molar-refractivity contribution in [3.05, 3.63) is 24.4 Å². The number of phenolic OH excluding ortho intramolecular Hbond substituents is 1. The molecule has 1 heterocycles. The average molecular weight is 220 g/mol. The Morgan fingerprint density at radius 1 is 1.50 bits per heavy atom. The van der Waals surface area contributed by atoms with E-state index in [0.717, 1.165) is 0 Å². The molecule has 3 N–H and O–H groups in total. The molecule has 0 fully saturated rings. The number of phenols is 1. The van der Waals surface area contributed by atoms with Crippen molar-refractivity contribution in [1.82, 2.24) is 4.98 Å². The van der Waals surface area contributed by atoms with Gasteiger partial charge in [-0.1, -0.05) is 6.07 Å². The van der Waals surface area contributed by atoms with Crippen molar-refractivity contribution in [2.24, 2.45) is 0 Å². The number of aromatic nitrogens is 1. The maximum absolute atomic E-state index is 9.93. The number of ether oxygens (including phenoxy) is 1. The molecule has 0 radical (unpaired) electrons. The number of nitrogen functional groups attached to an aromatic ring is 1. The van der Waals surface area contributed by atoms with Gasteiger partial charge in [0.05, 0.1) is 18.4 Å². The predicted molar refractivity (Wildman–Crippen MR) is 59.2 cm³/mol. The molecule has 0 unspecified atom stereocenters. The second-order valence-corrected chi connectivity index (χ2v) is 3.15. The van der Waals surface area contributed by atoms with E-state index in [1.54, 1.807) is 18.2 Å². The summed E-state index contributed by atoms with van der Waals surface area (Å²) in [6.07, 6.45) is 1.46. The first kappa shape index (κ1) is 10.4. The molecule has 0 spiro atoms. The van der Waals surface area contributed by atoms with Crippen LogP contribution in [0.1, 0.15) is 6.92 Å². The number of para-hydroxylation sites is 1. The third kappa shape index (κ3) is 1.79. The van der Waals surface area contributed by atoms with Gasteiger partial charge in [0, 0.05) is 0 Å². The maximum Gasteiger partial charge on any atom is 0.292 e. The van der Waals surface area contributed by atoms with E-state index in [2.05, 4.69) is 4.98 Å². The van der Waals surface area contributed by atoms with Gasteiger partial charge in [-0.3, -0.25) is 0 Å². The summed E-state index contributed by atoms with van der Waals surface area (Å²) in [6.45, 7) is 2.33. The molecule has 0 saturated carbocycles. The fraction of sp³-hybridized carbons (Fsp3) is 0.182. The lowest BCUT2D eigenvalue weighted by Crippen LogP contribution is -1.92. The van der Waals surface area contributed by atoms with Gasteiger partial charge in [0.2, 0.25) is 0 Å². The summed E-state index contributed by atoms with van der Waals surface area (Å²) in [5.41, 5.74) is 5.88. The minimum Gasteiger partial charge on any atom is -0.504 e. The number of hydrogen-bond acceptors (Lipinski definition) is 5. The van der Waals surface area contributed by atoms with Crippen LogP contribution in [0.15, 0.2) is 28.8 Å². The molecule has 1 aromatic heterocycles. The van der Waals surface area contributed by atoms with Crippen LogP contribution in [0.3, 0.4) is 0 Å². The van der Waals surface area contributed by atoms with Crippen LogP contribution >= 0.6 is 0 Å². The number of nitrogens with zero attached hydrogens (tertiary/aromatic N) is 1. The summed E-state index contributed by atoms with van der Waals surface area (Å²) in [5.74, 6) is 0.854. The first-order valence-corrected chi connectivity index (χ1v) is 4.88. The van der Waals surface area contributed by atoms with E-state index in [9.17, 15) is 5.11 Å². The molecule has 2 aromatic rings. The summed E-state index contributed by atoms with van der Waals surface area (Å²) in [4.78, 5) is 3.77.